The Morgan fingerprint density at radius 1 is 1.35 bits per heavy atom. The molecule has 1 aliphatic rings. The SMILES string of the molecule is Cc1ccc(C(=O)NC[C@@H]2CCN(C)[C@H]2c2cccnc2)n1C. The van der Waals surface area contributed by atoms with E-state index in [9.17, 15) is 4.79 Å². The first-order chi connectivity index (χ1) is 11.1. The van der Waals surface area contributed by atoms with Gasteiger partial charge in [-0.2, -0.15) is 0 Å². The molecule has 5 nitrogen and oxygen atoms in total. The van der Waals surface area contributed by atoms with E-state index < -0.39 is 0 Å². The van der Waals surface area contributed by atoms with Crippen molar-refractivity contribution in [2.24, 2.45) is 13.0 Å². The predicted octanol–water partition coefficient (Wildman–Crippen LogP) is 2.15. The van der Waals surface area contributed by atoms with Crippen LogP contribution in [0.1, 0.15) is 34.2 Å². The lowest BCUT2D eigenvalue weighted by Gasteiger charge is -2.25. The molecule has 3 heterocycles. The number of likely N-dealkylation sites (tertiary alicyclic amines) is 1. The molecule has 1 fully saturated rings. The van der Waals surface area contributed by atoms with Crippen LogP contribution in [0.25, 0.3) is 0 Å². The number of carbonyl (C=O) groups is 1. The Kier molecular flexibility index (Phi) is 4.48. The van der Waals surface area contributed by atoms with E-state index in [4.69, 9.17) is 0 Å². The number of carbonyl (C=O) groups excluding carboxylic acids is 1. The first-order valence-corrected chi connectivity index (χ1v) is 8.08. The molecule has 1 aliphatic heterocycles. The Labute approximate surface area is 137 Å². The minimum atomic E-state index is 0.0000831. The summed E-state index contributed by atoms with van der Waals surface area (Å²) in [5.41, 5.74) is 3.03. The molecule has 0 aliphatic carbocycles. The highest BCUT2D eigenvalue weighted by atomic mass is 16.1. The fraction of sp³-hybridized carbons (Fsp3) is 0.444. The molecule has 0 spiro atoms. The van der Waals surface area contributed by atoms with Gasteiger partial charge < -0.3 is 9.88 Å². The number of aromatic nitrogens is 2. The van der Waals surface area contributed by atoms with Gasteiger partial charge in [0.2, 0.25) is 0 Å². The monoisotopic (exact) mass is 312 g/mol. The molecule has 1 saturated heterocycles. The highest BCUT2D eigenvalue weighted by molar-refractivity contribution is 5.92. The second-order valence-electron chi connectivity index (χ2n) is 6.39. The van der Waals surface area contributed by atoms with Gasteiger partial charge in [0.1, 0.15) is 5.69 Å². The van der Waals surface area contributed by atoms with Gasteiger partial charge in [-0.3, -0.25) is 14.7 Å². The van der Waals surface area contributed by atoms with Crippen molar-refractivity contribution >= 4 is 5.91 Å². The van der Waals surface area contributed by atoms with Crippen molar-refractivity contribution in [3.05, 3.63) is 53.6 Å². The molecule has 0 saturated carbocycles. The lowest BCUT2D eigenvalue weighted by atomic mass is 9.95. The van der Waals surface area contributed by atoms with E-state index in [0.29, 0.717) is 24.2 Å². The highest BCUT2D eigenvalue weighted by Gasteiger charge is 2.33. The first-order valence-electron chi connectivity index (χ1n) is 8.08. The van der Waals surface area contributed by atoms with Crippen LogP contribution in [0.2, 0.25) is 0 Å². The zero-order valence-corrected chi connectivity index (χ0v) is 14.0. The zero-order valence-electron chi connectivity index (χ0n) is 14.0. The number of pyridine rings is 1. The van der Waals surface area contributed by atoms with Gasteiger partial charge in [0.15, 0.2) is 0 Å². The number of hydrogen-bond acceptors (Lipinski definition) is 3. The maximum absolute atomic E-state index is 12.4. The van der Waals surface area contributed by atoms with Gasteiger partial charge in [-0.15, -0.1) is 0 Å². The van der Waals surface area contributed by atoms with Crippen molar-refractivity contribution in [3.8, 4) is 0 Å². The molecule has 2 aromatic heterocycles. The molecule has 2 atom stereocenters. The van der Waals surface area contributed by atoms with Crippen molar-refractivity contribution in [1.29, 1.82) is 0 Å². The zero-order chi connectivity index (χ0) is 16.4. The average molecular weight is 312 g/mol. The molecular formula is C18H24N4O. The van der Waals surface area contributed by atoms with Gasteiger partial charge in [-0.1, -0.05) is 6.07 Å². The van der Waals surface area contributed by atoms with Gasteiger partial charge in [-0.05, 0) is 56.6 Å². The summed E-state index contributed by atoms with van der Waals surface area (Å²) in [5, 5.41) is 3.11. The minimum Gasteiger partial charge on any atom is -0.350 e. The number of nitrogens with one attached hydrogen (secondary N) is 1. The Morgan fingerprint density at radius 3 is 2.83 bits per heavy atom. The molecule has 5 heteroatoms. The largest absolute Gasteiger partial charge is 0.350 e. The molecule has 1 N–H and O–H groups in total. The molecular weight excluding hydrogens is 288 g/mol. The van der Waals surface area contributed by atoms with Crippen molar-refractivity contribution < 1.29 is 4.79 Å². The van der Waals surface area contributed by atoms with Crippen LogP contribution >= 0.6 is 0 Å². The summed E-state index contributed by atoms with van der Waals surface area (Å²) in [5.74, 6) is 0.412. The third-order valence-corrected chi connectivity index (χ3v) is 4.93. The third-order valence-electron chi connectivity index (χ3n) is 4.93. The molecule has 3 rings (SSSR count). The molecule has 23 heavy (non-hydrogen) atoms. The lowest BCUT2D eigenvalue weighted by Crippen LogP contribution is -2.33. The second-order valence-corrected chi connectivity index (χ2v) is 6.39. The quantitative estimate of drug-likeness (QED) is 0.941. The van der Waals surface area contributed by atoms with Crippen LogP contribution in [-0.2, 0) is 7.05 Å². The predicted molar refractivity (Wildman–Crippen MR) is 90.2 cm³/mol. The van der Waals surface area contributed by atoms with Crippen LogP contribution in [0.4, 0.5) is 0 Å². The van der Waals surface area contributed by atoms with Gasteiger partial charge >= 0.3 is 0 Å². The Bertz CT molecular complexity index is 680. The summed E-state index contributed by atoms with van der Waals surface area (Å²) < 4.78 is 1.93. The Hall–Kier alpha value is -2.14. The van der Waals surface area contributed by atoms with Gasteiger partial charge in [0.05, 0.1) is 0 Å². The van der Waals surface area contributed by atoms with E-state index in [1.165, 1.54) is 5.56 Å². The van der Waals surface area contributed by atoms with E-state index in [0.717, 1.165) is 18.7 Å². The van der Waals surface area contributed by atoms with E-state index in [-0.39, 0.29) is 5.91 Å². The highest BCUT2D eigenvalue weighted by Crippen LogP contribution is 2.35. The van der Waals surface area contributed by atoms with E-state index in [2.05, 4.69) is 28.3 Å². The standard InChI is InChI=1S/C18H24N4O/c1-13-6-7-16(22(13)3)18(23)20-12-15-8-10-21(2)17(15)14-5-4-9-19-11-14/h4-7,9,11,15,17H,8,10,12H2,1-3H3,(H,20,23)/t15-,17-/m0/s1. The summed E-state index contributed by atoms with van der Waals surface area (Å²) in [6.45, 7) is 3.73. The molecule has 0 unspecified atom stereocenters. The smallest absolute Gasteiger partial charge is 0.267 e. The second kappa shape index (κ2) is 6.54. The molecule has 0 radical (unpaired) electrons. The van der Waals surface area contributed by atoms with Gasteiger partial charge in [0.25, 0.3) is 5.91 Å². The number of aryl methyl sites for hydroxylation is 1. The van der Waals surface area contributed by atoms with E-state index >= 15 is 0 Å². The normalized spacial score (nSPS) is 21.5. The Morgan fingerprint density at radius 2 is 2.17 bits per heavy atom. The third kappa shape index (κ3) is 3.15. The topological polar surface area (TPSA) is 50.2 Å². The van der Waals surface area contributed by atoms with Crippen LogP contribution in [0, 0.1) is 12.8 Å². The van der Waals surface area contributed by atoms with Gasteiger partial charge in [0, 0.05) is 37.7 Å². The summed E-state index contributed by atoms with van der Waals surface area (Å²) in [7, 11) is 4.06. The fourth-order valence-electron chi connectivity index (χ4n) is 3.47. The molecule has 1 amide bonds. The van der Waals surface area contributed by atoms with Crippen LogP contribution in [-0.4, -0.2) is 40.5 Å². The van der Waals surface area contributed by atoms with Gasteiger partial charge in [-0.25, -0.2) is 0 Å². The summed E-state index contributed by atoms with van der Waals surface area (Å²) in [4.78, 5) is 19.0. The van der Waals surface area contributed by atoms with Crippen molar-refractivity contribution in [2.75, 3.05) is 20.1 Å². The summed E-state index contributed by atoms with van der Waals surface area (Å²) in [6, 6.07) is 8.26. The van der Waals surface area contributed by atoms with Crippen LogP contribution < -0.4 is 5.32 Å². The number of hydrogen-bond donors (Lipinski definition) is 1. The van der Waals surface area contributed by atoms with Crippen molar-refractivity contribution in [2.45, 2.75) is 19.4 Å². The molecule has 2 aromatic rings. The summed E-state index contributed by atoms with van der Waals surface area (Å²) in [6.07, 6.45) is 4.82. The number of nitrogens with zero attached hydrogens (tertiary/aromatic N) is 3. The van der Waals surface area contributed by atoms with Crippen molar-refractivity contribution in [3.63, 3.8) is 0 Å². The Balaban J connectivity index is 1.67. The minimum absolute atomic E-state index is 0.0000831. The van der Waals surface area contributed by atoms with Crippen LogP contribution in [0.5, 0.6) is 0 Å². The number of rotatable bonds is 4. The maximum Gasteiger partial charge on any atom is 0.267 e. The molecule has 0 bridgehead atoms. The van der Waals surface area contributed by atoms with E-state index in [1.807, 2.05) is 42.9 Å². The first kappa shape index (κ1) is 15.7. The number of amides is 1. The maximum atomic E-state index is 12.4. The average Bonchev–Trinajstić information content (AvgIpc) is 3.09. The lowest BCUT2D eigenvalue weighted by molar-refractivity contribution is 0.0935. The fourth-order valence-corrected chi connectivity index (χ4v) is 3.47. The van der Waals surface area contributed by atoms with Crippen LogP contribution in [0.15, 0.2) is 36.7 Å². The molecule has 122 valence electrons. The van der Waals surface area contributed by atoms with E-state index in [1.54, 1.807) is 6.20 Å². The van der Waals surface area contributed by atoms with Crippen LogP contribution in [0.3, 0.4) is 0 Å². The molecule has 0 aromatic carbocycles. The summed E-state index contributed by atoms with van der Waals surface area (Å²) >= 11 is 0. The van der Waals surface area contributed by atoms with Crippen molar-refractivity contribution in [1.82, 2.24) is 19.8 Å².